The Kier molecular flexibility index (Phi) is 2.51. The van der Waals surface area contributed by atoms with E-state index in [1.165, 1.54) is 6.33 Å². The van der Waals surface area contributed by atoms with Gasteiger partial charge in [-0.25, -0.2) is 19.9 Å². The molecule has 0 bridgehead atoms. The van der Waals surface area contributed by atoms with Crippen molar-refractivity contribution in [1.29, 1.82) is 0 Å². The fourth-order valence-electron chi connectivity index (χ4n) is 0.880. The Morgan fingerprint density at radius 3 is 2.57 bits per heavy atom. The number of aromatic nitrogens is 4. The van der Waals surface area contributed by atoms with Gasteiger partial charge in [-0.2, -0.15) is 0 Å². The highest BCUT2D eigenvalue weighted by molar-refractivity contribution is 6.29. The number of nitrogens with zero attached hydrogens (tertiary/aromatic N) is 4. The third-order valence-electron chi connectivity index (χ3n) is 1.44. The Morgan fingerprint density at radius 2 is 1.86 bits per heavy atom. The summed E-state index contributed by atoms with van der Waals surface area (Å²) in [6.07, 6.45) is 4.64. The van der Waals surface area contributed by atoms with Crippen molar-refractivity contribution in [2.75, 3.05) is 5.32 Å². The topological polar surface area (TPSA) is 63.6 Å². The summed E-state index contributed by atoms with van der Waals surface area (Å²) in [7, 11) is 0. The second-order valence-electron chi connectivity index (χ2n) is 2.42. The van der Waals surface area contributed by atoms with Crippen LogP contribution in [0.1, 0.15) is 0 Å². The predicted octanol–water partition coefficient (Wildman–Crippen LogP) is 1.66. The molecule has 2 heterocycles. The lowest BCUT2D eigenvalue weighted by Gasteiger charge is -2.01. The van der Waals surface area contributed by atoms with Gasteiger partial charge in [0.15, 0.2) is 0 Å². The zero-order chi connectivity index (χ0) is 9.80. The molecule has 0 aliphatic rings. The third kappa shape index (κ3) is 2.14. The maximum atomic E-state index is 5.68. The minimum Gasteiger partial charge on any atom is -0.309 e. The molecule has 0 aromatic carbocycles. The molecule has 2 aromatic rings. The highest BCUT2D eigenvalue weighted by atomic mass is 35.5. The number of hydrogen-bond donors (Lipinski definition) is 1. The fourth-order valence-corrected chi connectivity index (χ4v) is 1.03. The molecule has 0 unspecified atom stereocenters. The average molecular weight is 208 g/mol. The SMILES string of the molecule is Clc1cc(Nc2ncccn2)ncn1. The van der Waals surface area contributed by atoms with E-state index in [1.54, 1.807) is 24.5 Å². The standard InChI is InChI=1S/C8H6ClN5/c9-6-4-7(13-5-12-6)14-8-10-2-1-3-11-8/h1-5H,(H,10,11,12,13,14). The van der Waals surface area contributed by atoms with Gasteiger partial charge in [0.05, 0.1) is 0 Å². The maximum Gasteiger partial charge on any atom is 0.228 e. The molecule has 2 rings (SSSR count). The van der Waals surface area contributed by atoms with Crippen molar-refractivity contribution in [2.24, 2.45) is 0 Å². The van der Waals surface area contributed by atoms with Crippen molar-refractivity contribution < 1.29 is 0 Å². The van der Waals surface area contributed by atoms with Crippen LogP contribution in [-0.2, 0) is 0 Å². The molecule has 0 atom stereocenters. The summed E-state index contributed by atoms with van der Waals surface area (Å²) in [5.74, 6) is 1.04. The van der Waals surface area contributed by atoms with Crippen LogP contribution in [0.15, 0.2) is 30.9 Å². The molecule has 0 saturated heterocycles. The van der Waals surface area contributed by atoms with E-state index in [1.807, 2.05) is 0 Å². The van der Waals surface area contributed by atoms with Crippen molar-refractivity contribution in [3.63, 3.8) is 0 Å². The van der Waals surface area contributed by atoms with Gasteiger partial charge in [-0.1, -0.05) is 11.6 Å². The molecule has 0 aliphatic heterocycles. The van der Waals surface area contributed by atoms with E-state index < -0.39 is 0 Å². The second-order valence-corrected chi connectivity index (χ2v) is 2.81. The molecule has 6 heteroatoms. The van der Waals surface area contributed by atoms with E-state index in [2.05, 4.69) is 25.3 Å². The Morgan fingerprint density at radius 1 is 1.07 bits per heavy atom. The van der Waals surface area contributed by atoms with Crippen LogP contribution in [-0.4, -0.2) is 19.9 Å². The highest BCUT2D eigenvalue weighted by Crippen LogP contribution is 2.11. The first-order chi connectivity index (χ1) is 6.84. The highest BCUT2D eigenvalue weighted by Gasteiger charge is 1.98. The normalized spacial score (nSPS) is 9.79. The predicted molar refractivity (Wildman–Crippen MR) is 52.4 cm³/mol. The van der Waals surface area contributed by atoms with E-state index in [0.29, 0.717) is 16.9 Å². The van der Waals surface area contributed by atoms with Gasteiger partial charge in [0.1, 0.15) is 17.3 Å². The van der Waals surface area contributed by atoms with Crippen molar-refractivity contribution in [3.05, 3.63) is 36.0 Å². The molecule has 0 aliphatic carbocycles. The first kappa shape index (κ1) is 8.83. The van der Waals surface area contributed by atoms with Crippen molar-refractivity contribution in [2.45, 2.75) is 0 Å². The molecule has 2 aromatic heterocycles. The summed E-state index contributed by atoms with van der Waals surface area (Å²) in [6.45, 7) is 0. The van der Waals surface area contributed by atoms with Crippen LogP contribution >= 0.6 is 11.6 Å². The largest absolute Gasteiger partial charge is 0.309 e. The van der Waals surface area contributed by atoms with Gasteiger partial charge in [-0.3, -0.25) is 0 Å². The molecule has 0 amide bonds. The molecule has 0 spiro atoms. The van der Waals surface area contributed by atoms with Crippen molar-refractivity contribution in [3.8, 4) is 0 Å². The molecule has 0 radical (unpaired) electrons. The Bertz CT molecular complexity index is 419. The molecule has 1 N–H and O–H groups in total. The molecule has 70 valence electrons. The van der Waals surface area contributed by atoms with Crippen molar-refractivity contribution >= 4 is 23.4 Å². The van der Waals surface area contributed by atoms with Crippen LogP contribution in [0.25, 0.3) is 0 Å². The number of hydrogen-bond acceptors (Lipinski definition) is 5. The summed E-state index contributed by atoms with van der Waals surface area (Å²) in [5, 5.41) is 3.26. The van der Waals surface area contributed by atoms with E-state index >= 15 is 0 Å². The van der Waals surface area contributed by atoms with E-state index in [9.17, 15) is 0 Å². The van der Waals surface area contributed by atoms with Crippen LogP contribution in [0.3, 0.4) is 0 Å². The van der Waals surface area contributed by atoms with Crippen LogP contribution < -0.4 is 5.32 Å². The zero-order valence-electron chi connectivity index (χ0n) is 7.05. The molecule has 0 saturated carbocycles. The summed E-state index contributed by atoms with van der Waals surface area (Å²) < 4.78 is 0. The molecular formula is C8H6ClN5. The van der Waals surface area contributed by atoms with E-state index in [0.717, 1.165) is 0 Å². The minimum absolute atomic E-state index is 0.374. The number of anilines is 2. The summed E-state index contributed by atoms with van der Waals surface area (Å²) in [4.78, 5) is 15.7. The van der Waals surface area contributed by atoms with Gasteiger partial charge >= 0.3 is 0 Å². The first-order valence-electron chi connectivity index (χ1n) is 3.86. The van der Waals surface area contributed by atoms with Gasteiger partial charge in [0.2, 0.25) is 5.95 Å². The van der Waals surface area contributed by atoms with Crippen molar-refractivity contribution in [1.82, 2.24) is 19.9 Å². The van der Waals surface area contributed by atoms with Crippen LogP contribution in [0.2, 0.25) is 5.15 Å². The van der Waals surface area contributed by atoms with E-state index in [4.69, 9.17) is 11.6 Å². The Hall–Kier alpha value is -1.75. The lowest BCUT2D eigenvalue weighted by atomic mass is 10.6. The lowest BCUT2D eigenvalue weighted by molar-refractivity contribution is 1.12. The maximum absolute atomic E-state index is 5.68. The van der Waals surface area contributed by atoms with Gasteiger partial charge in [0.25, 0.3) is 0 Å². The van der Waals surface area contributed by atoms with Gasteiger partial charge < -0.3 is 5.32 Å². The molecule has 0 fully saturated rings. The molecule has 14 heavy (non-hydrogen) atoms. The zero-order valence-corrected chi connectivity index (χ0v) is 7.81. The van der Waals surface area contributed by atoms with Gasteiger partial charge in [-0.15, -0.1) is 0 Å². The summed E-state index contributed by atoms with van der Waals surface area (Å²) >= 11 is 5.68. The molecule has 5 nitrogen and oxygen atoms in total. The summed E-state index contributed by atoms with van der Waals surface area (Å²) in [5.41, 5.74) is 0. The fraction of sp³-hybridized carbons (Fsp3) is 0. The number of halogens is 1. The Balaban J connectivity index is 2.19. The smallest absolute Gasteiger partial charge is 0.228 e. The van der Waals surface area contributed by atoms with Crippen LogP contribution in [0.4, 0.5) is 11.8 Å². The quantitative estimate of drug-likeness (QED) is 0.759. The third-order valence-corrected chi connectivity index (χ3v) is 1.65. The first-order valence-corrected chi connectivity index (χ1v) is 4.24. The van der Waals surface area contributed by atoms with Crippen LogP contribution in [0.5, 0.6) is 0 Å². The second kappa shape index (κ2) is 3.97. The van der Waals surface area contributed by atoms with E-state index in [-0.39, 0.29) is 0 Å². The molecular weight excluding hydrogens is 202 g/mol. The minimum atomic E-state index is 0.374. The monoisotopic (exact) mass is 207 g/mol. The Labute approximate surface area is 85.2 Å². The average Bonchev–Trinajstić information content (AvgIpc) is 2.19. The van der Waals surface area contributed by atoms with Gasteiger partial charge in [-0.05, 0) is 6.07 Å². The number of rotatable bonds is 2. The lowest BCUT2D eigenvalue weighted by Crippen LogP contribution is -1.97. The number of nitrogens with one attached hydrogen (secondary N) is 1. The van der Waals surface area contributed by atoms with Crippen LogP contribution in [0, 0.1) is 0 Å². The summed E-state index contributed by atoms with van der Waals surface area (Å²) in [6, 6.07) is 3.33. The van der Waals surface area contributed by atoms with Gasteiger partial charge in [0, 0.05) is 18.5 Å².